The Labute approximate surface area is 712 Å². The van der Waals surface area contributed by atoms with Crippen LogP contribution in [0.5, 0.6) is 46.0 Å². The molecule has 0 saturated heterocycles. The van der Waals surface area contributed by atoms with Crippen molar-refractivity contribution >= 4 is 131 Å². The minimum absolute atomic E-state index is 0. The molecule has 0 spiro atoms. The molecule has 0 aliphatic rings. The molecule has 120 heavy (non-hydrogen) atoms. The number of pyridine rings is 4. The van der Waals surface area contributed by atoms with Gasteiger partial charge in [0.25, 0.3) is 0 Å². The minimum atomic E-state index is 0. The van der Waals surface area contributed by atoms with E-state index in [0.717, 1.165) is 154 Å². The van der Waals surface area contributed by atoms with E-state index in [2.05, 4.69) is 220 Å². The van der Waals surface area contributed by atoms with Crippen LogP contribution in [0.25, 0.3) is 166 Å². The first-order chi connectivity index (χ1) is 58.5. The number of ether oxygens (including phenoxy) is 4. The maximum absolute atomic E-state index is 6.65. The predicted octanol–water partition coefficient (Wildman–Crippen LogP) is 23.5. The smallest absolute Gasteiger partial charge is 0.509 e. The SMILES string of the molecule is [Pt+2].[Pt+2].[c-]1c(Oc2[c-]c3c(cc2)c2ccccc2n3-c2ccccn2)ccc2c3ccc(Oc4[c-]c5c(cc4)c4ccccc4n5-c4ccccn4)[c-]c3n(-c3ncccn3)c12.c1ccc(-n2c3ccccc3c3ccc(Oc4ccc5c6ccc(Oc7ccc8c9ccccc9n(-c9ccccn9)c8c7)cc6n(-c6ncccn6)c5c4)cc32)nc1. The minimum Gasteiger partial charge on any atom is -0.509 e. The summed E-state index contributed by atoms with van der Waals surface area (Å²) in [6, 6.07) is 115. The number of benzene rings is 12. The molecule has 12 aromatic heterocycles. The van der Waals surface area contributed by atoms with Gasteiger partial charge in [0.05, 0.1) is 33.1 Å². The van der Waals surface area contributed by atoms with Gasteiger partial charge in [0.15, 0.2) is 0 Å². The molecule has 0 N–H and O–H groups in total. The Balaban J connectivity index is 0.000000146. The third kappa shape index (κ3) is 12.4. The van der Waals surface area contributed by atoms with E-state index in [1.165, 1.54) is 0 Å². The molecule has 12 aromatic carbocycles. The van der Waals surface area contributed by atoms with Gasteiger partial charge in [-0.15, -0.1) is 59.3 Å². The van der Waals surface area contributed by atoms with Crippen LogP contribution in [0, 0.1) is 24.3 Å². The van der Waals surface area contributed by atoms with Crippen LogP contribution in [0.2, 0.25) is 0 Å². The van der Waals surface area contributed by atoms with Crippen molar-refractivity contribution in [3.05, 3.63) is 377 Å². The van der Waals surface area contributed by atoms with Crippen molar-refractivity contribution in [3.63, 3.8) is 0 Å². The van der Waals surface area contributed by atoms with Crippen LogP contribution in [0.3, 0.4) is 0 Å². The third-order valence-electron chi connectivity index (χ3n) is 21.6. The summed E-state index contributed by atoms with van der Waals surface area (Å²) in [5.41, 5.74) is 11.3. The fraction of sp³-hybridized carbons (Fsp3) is 0. The Kier molecular flexibility index (Phi) is 18.2. The maximum Gasteiger partial charge on any atom is 2.00 e. The number of aromatic nitrogens is 14. The monoisotopic (exact) mass is 1910 g/mol. The van der Waals surface area contributed by atoms with Gasteiger partial charge in [-0.3, -0.25) is 13.7 Å². The summed E-state index contributed by atoms with van der Waals surface area (Å²) in [5, 5.41) is 12.9. The predicted molar refractivity (Wildman–Crippen MR) is 463 cm³/mol. The van der Waals surface area contributed by atoms with Crippen LogP contribution >= 0.6 is 0 Å². The van der Waals surface area contributed by atoms with Crippen molar-refractivity contribution in [2.75, 3.05) is 0 Å². The van der Waals surface area contributed by atoms with Crippen LogP contribution in [0.1, 0.15) is 0 Å². The first kappa shape index (κ1) is 72.5. The fourth-order valence-electron chi connectivity index (χ4n) is 16.6. The number of fused-ring (bicyclic) bond motifs is 18. The summed E-state index contributed by atoms with van der Waals surface area (Å²) in [4.78, 5) is 37.3. The largest absolute Gasteiger partial charge is 2.00 e. The van der Waals surface area contributed by atoms with E-state index >= 15 is 0 Å². The molecule has 0 saturated carbocycles. The molecule has 24 aromatic rings. The summed E-state index contributed by atoms with van der Waals surface area (Å²) in [6.45, 7) is 0. The zero-order valence-electron chi connectivity index (χ0n) is 63.0. The van der Waals surface area contributed by atoms with Crippen LogP contribution in [0.15, 0.2) is 353 Å². The molecule has 24 rings (SSSR count). The van der Waals surface area contributed by atoms with Gasteiger partial charge >= 0.3 is 42.1 Å². The first-order valence-corrected chi connectivity index (χ1v) is 38.4. The van der Waals surface area contributed by atoms with E-state index in [1.807, 2.05) is 181 Å². The third-order valence-corrected chi connectivity index (χ3v) is 21.6. The molecule has 0 atom stereocenters. The molecular formula is C100H58N14O4Pt2. The summed E-state index contributed by atoms with van der Waals surface area (Å²) >= 11 is 0. The van der Waals surface area contributed by atoms with Gasteiger partial charge in [-0.2, -0.15) is 35.0 Å². The summed E-state index contributed by atoms with van der Waals surface area (Å²) in [7, 11) is 0. The number of hydrogen-bond acceptors (Lipinski definition) is 12. The Morgan fingerprint density at radius 2 is 0.425 bits per heavy atom. The first-order valence-electron chi connectivity index (χ1n) is 38.4. The van der Waals surface area contributed by atoms with Gasteiger partial charge in [-0.05, 0) is 144 Å². The Hall–Kier alpha value is -15.2. The summed E-state index contributed by atoms with van der Waals surface area (Å²) < 4.78 is 38.9. The van der Waals surface area contributed by atoms with Crippen molar-refractivity contribution in [2.24, 2.45) is 0 Å². The molecule has 572 valence electrons. The van der Waals surface area contributed by atoms with Crippen molar-refractivity contribution in [1.29, 1.82) is 0 Å². The second-order valence-corrected chi connectivity index (χ2v) is 28.4. The van der Waals surface area contributed by atoms with Gasteiger partial charge in [-0.1, -0.05) is 119 Å². The van der Waals surface area contributed by atoms with Crippen molar-refractivity contribution in [3.8, 4) is 81.2 Å². The molecule has 0 bridgehead atoms. The average Bonchev–Trinajstić information content (AvgIpc) is 1.58. The standard InChI is InChI=1S/C50H31N7O2.C50H27N7O2.2Pt/c2*1-3-12-42-36(10-1)38-20-16-32(28-44(38)55(42)48-14-5-7-24-51-48)58-34-18-22-40-41-23-19-35(31-47(41)57(46(40)30-34)50-53-26-9-27-54-50)59-33-17-21-39-37-11-2-4-13-43(37)56(45(39)29-33)49-15-6-8-25-52-49;;/h1-31H;1-27H;;/q;-4;2*+2. The molecule has 20 heteroatoms. The number of rotatable bonds is 14. The number of para-hydroxylation sites is 4. The molecule has 0 radical (unpaired) electrons. The Morgan fingerprint density at radius 3 is 0.750 bits per heavy atom. The van der Waals surface area contributed by atoms with Gasteiger partial charge in [0.1, 0.15) is 46.3 Å². The van der Waals surface area contributed by atoms with Gasteiger partial charge in [0.2, 0.25) is 11.9 Å². The van der Waals surface area contributed by atoms with E-state index in [1.54, 1.807) is 43.2 Å². The van der Waals surface area contributed by atoms with E-state index in [0.29, 0.717) is 57.9 Å². The molecule has 0 aliphatic carbocycles. The van der Waals surface area contributed by atoms with E-state index in [4.69, 9.17) is 18.9 Å². The van der Waals surface area contributed by atoms with Gasteiger partial charge in [-0.25, -0.2) is 39.9 Å². The van der Waals surface area contributed by atoms with Crippen LogP contribution in [-0.4, -0.2) is 67.3 Å². The number of nitrogens with zero attached hydrogens (tertiary/aromatic N) is 14. The molecule has 0 aliphatic heterocycles. The van der Waals surface area contributed by atoms with E-state index in [-0.39, 0.29) is 42.1 Å². The zero-order chi connectivity index (χ0) is 77.7. The van der Waals surface area contributed by atoms with Gasteiger partial charge < -0.3 is 32.6 Å². The second-order valence-electron chi connectivity index (χ2n) is 28.4. The summed E-state index contributed by atoms with van der Waals surface area (Å²) in [6.07, 6.45) is 14.2. The molecule has 12 heterocycles. The average molecular weight is 1910 g/mol. The second kappa shape index (κ2) is 30.1. The topological polar surface area (TPSA) is 170 Å². The molecule has 0 amide bonds. The molecular weight excluding hydrogens is 1850 g/mol. The molecule has 0 fully saturated rings. The fourth-order valence-corrected chi connectivity index (χ4v) is 16.6. The van der Waals surface area contributed by atoms with Crippen LogP contribution < -0.4 is 18.9 Å². The van der Waals surface area contributed by atoms with Gasteiger partial charge in [0, 0.05) is 140 Å². The van der Waals surface area contributed by atoms with Crippen molar-refractivity contribution in [1.82, 2.24) is 67.3 Å². The van der Waals surface area contributed by atoms with Crippen molar-refractivity contribution < 1.29 is 61.1 Å². The van der Waals surface area contributed by atoms with E-state index in [9.17, 15) is 0 Å². The molecule has 0 unspecified atom stereocenters. The van der Waals surface area contributed by atoms with Crippen LogP contribution in [0.4, 0.5) is 0 Å². The Bertz CT molecular complexity index is 7170. The summed E-state index contributed by atoms with van der Waals surface area (Å²) in [5.74, 6) is 9.23. The number of hydrogen-bond donors (Lipinski definition) is 0. The van der Waals surface area contributed by atoms with E-state index < -0.39 is 0 Å². The molecule has 18 nitrogen and oxygen atoms in total. The quantitative estimate of drug-likeness (QED) is 0.0946. The van der Waals surface area contributed by atoms with Crippen LogP contribution in [-0.2, 0) is 42.1 Å². The normalized spacial score (nSPS) is 11.5. The van der Waals surface area contributed by atoms with Crippen molar-refractivity contribution in [2.45, 2.75) is 0 Å². The Morgan fingerprint density at radius 1 is 0.183 bits per heavy atom. The maximum atomic E-state index is 6.65. The zero-order valence-corrected chi connectivity index (χ0v) is 67.6.